The third-order valence-corrected chi connectivity index (χ3v) is 10.9. The lowest BCUT2D eigenvalue weighted by atomic mass is 9.48. The van der Waals surface area contributed by atoms with E-state index in [9.17, 15) is 14.4 Å². The van der Waals surface area contributed by atoms with Crippen molar-refractivity contribution in [2.45, 2.75) is 64.7 Å². The maximum Gasteiger partial charge on any atom is 0.335 e. The summed E-state index contributed by atoms with van der Waals surface area (Å²) in [6, 6.07) is 15.3. The highest BCUT2D eigenvalue weighted by molar-refractivity contribution is 9.10. The second-order valence-electron chi connectivity index (χ2n) is 12.8. The number of carbonyl (C=O) groups is 3. The number of rotatable bonds is 4. The summed E-state index contributed by atoms with van der Waals surface area (Å²) < 4.78 is 3.13. The van der Waals surface area contributed by atoms with Crippen molar-refractivity contribution in [1.82, 2.24) is 9.88 Å². The van der Waals surface area contributed by atoms with Crippen molar-refractivity contribution in [3.05, 3.63) is 86.7 Å². The first-order valence-electron chi connectivity index (χ1n) is 14.6. The largest absolute Gasteiger partial charge is 0.335 e. The molecule has 0 atom stereocenters. The summed E-state index contributed by atoms with van der Waals surface area (Å²) in [6.45, 7) is 6.00. The van der Waals surface area contributed by atoms with Crippen LogP contribution in [-0.2, 0) is 15.0 Å². The van der Waals surface area contributed by atoms with E-state index in [-0.39, 0.29) is 11.0 Å². The van der Waals surface area contributed by atoms with Gasteiger partial charge in [0.25, 0.3) is 11.8 Å². The summed E-state index contributed by atoms with van der Waals surface area (Å²) in [5, 5.41) is 2.38. The van der Waals surface area contributed by atoms with E-state index in [1.165, 1.54) is 44.1 Å². The van der Waals surface area contributed by atoms with Gasteiger partial charge in [-0.25, -0.2) is 9.69 Å². The Balaban J connectivity index is 1.19. The van der Waals surface area contributed by atoms with Crippen LogP contribution in [0.25, 0.3) is 11.8 Å². The lowest BCUT2D eigenvalue weighted by Gasteiger charge is -2.57. The highest BCUT2D eigenvalue weighted by Gasteiger charge is 2.51. The molecule has 3 aromatic rings. The van der Waals surface area contributed by atoms with E-state index in [1.54, 1.807) is 6.08 Å². The Morgan fingerprint density at radius 1 is 0.854 bits per heavy atom. The number of urea groups is 1. The fraction of sp³-hybridized carbons (Fsp3) is 0.382. The Labute approximate surface area is 248 Å². The number of amides is 4. The van der Waals surface area contributed by atoms with Gasteiger partial charge in [-0.2, -0.15) is 0 Å². The van der Waals surface area contributed by atoms with Crippen molar-refractivity contribution < 1.29 is 14.4 Å². The summed E-state index contributed by atoms with van der Waals surface area (Å²) in [6.07, 6.45) is 9.50. The van der Waals surface area contributed by atoms with Gasteiger partial charge in [-0.05, 0) is 142 Å². The van der Waals surface area contributed by atoms with Crippen LogP contribution in [-0.4, -0.2) is 22.4 Å². The van der Waals surface area contributed by atoms with E-state index in [0.717, 1.165) is 55.3 Å². The highest BCUT2D eigenvalue weighted by Crippen LogP contribution is 2.60. The number of aromatic nitrogens is 1. The van der Waals surface area contributed by atoms with Crippen LogP contribution in [0.5, 0.6) is 0 Å². The normalized spacial score (nSPS) is 28.1. The SMILES string of the molecule is Cc1cc(-n2c(C)cc(/C=C3\C(=O)NC(=O)N(c4ccc(C56CC7CC(CC(C7)C5)C6)cc4)C3=O)c2C)ccc1Br. The van der Waals surface area contributed by atoms with Crippen LogP contribution < -0.4 is 10.2 Å². The molecule has 1 aliphatic heterocycles. The molecule has 4 saturated carbocycles. The van der Waals surface area contributed by atoms with Gasteiger partial charge in [0.1, 0.15) is 5.57 Å². The molecule has 5 fully saturated rings. The van der Waals surface area contributed by atoms with E-state index in [2.05, 4.69) is 44.0 Å². The van der Waals surface area contributed by atoms with E-state index in [0.29, 0.717) is 5.69 Å². The van der Waals surface area contributed by atoms with Crippen LogP contribution in [0.2, 0.25) is 0 Å². The second-order valence-corrected chi connectivity index (χ2v) is 13.7. The molecule has 8 rings (SSSR count). The Bertz CT molecular complexity index is 1610. The van der Waals surface area contributed by atoms with E-state index < -0.39 is 17.8 Å². The van der Waals surface area contributed by atoms with Crippen molar-refractivity contribution >= 4 is 45.5 Å². The number of imide groups is 2. The maximum absolute atomic E-state index is 13.7. The van der Waals surface area contributed by atoms with Gasteiger partial charge in [-0.15, -0.1) is 0 Å². The van der Waals surface area contributed by atoms with Gasteiger partial charge in [-0.3, -0.25) is 14.9 Å². The summed E-state index contributed by atoms with van der Waals surface area (Å²) in [7, 11) is 0. The average Bonchev–Trinajstić information content (AvgIpc) is 3.20. The molecular weight excluding hydrogens is 578 g/mol. The fourth-order valence-electron chi connectivity index (χ4n) is 8.57. The highest BCUT2D eigenvalue weighted by atomic mass is 79.9. The molecule has 2 heterocycles. The quantitative estimate of drug-likeness (QED) is 0.248. The number of nitrogens with one attached hydrogen (secondary N) is 1. The molecule has 7 heteroatoms. The molecule has 2 aromatic carbocycles. The number of nitrogens with zero attached hydrogens (tertiary/aromatic N) is 2. The first kappa shape index (κ1) is 26.4. The number of hydrogen-bond donors (Lipinski definition) is 1. The number of barbiturate groups is 1. The summed E-state index contributed by atoms with van der Waals surface area (Å²) in [5.41, 5.74) is 6.74. The number of carbonyl (C=O) groups excluding carboxylic acids is 3. The standard InChI is InChI=1S/C34H34BrN3O3/c1-19-10-28(8-9-30(19)35)37-20(2)11-25(21(37)3)15-29-31(39)36-33(41)38(32(29)40)27-6-4-26(5-7-27)34-16-22-12-23(17-34)14-24(13-22)18-34/h4-11,15,22-24H,12-14,16-18H2,1-3H3,(H,36,39,41)/b29-15+. The molecule has 1 N–H and O–H groups in total. The lowest BCUT2D eigenvalue weighted by Crippen LogP contribution is -2.54. The molecule has 0 radical (unpaired) electrons. The average molecular weight is 613 g/mol. The first-order chi connectivity index (χ1) is 19.6. The molecule has 1 aromatic heterocycles. The van der Waals surface area contributed by atoms with E-state index >= 15 is 0 Å². The van der Waals surface area contributed by atoms with Gasteiger partial charge in [0, 0.05) is 21.5 Å². The van der Waals surface area contributed by atoms with Crippen LogP contribution in [0, 0.1) is 38.5 Å². The fourth-order valence-corrected chi connectivity index (χ4v) is 8.82. The minimum Gasteiger partial charge on any atom is -0.318 e. The molecule has 4 aliphatic carbocycles. The van der Waals surface area contributed by atoms with Crippen molar-refractivity contribution in [2.75, 3.05) is 4.90 Å². The van der Waals surface area contributed by atoms with Crippen LogP contribution in [0.3, 0.4) is 0 Å². The molecule has 4 amide bonds. The van der Waals surface area contributed by atoms with E-state index in [4.69, 9.17) is 0 Å². The predicted octanol–water partition coefficient (Wildman–Crippen LogP) is 7.30. The first-order valence-corrected chi connectivity index (χ1v) is 15.4. The van der Waals surface area contributed by atoms with Gasteiger partial charge < -0.3 is 4.57 Å². The number of halogens is 1. The molecular formula is C34H34BrN3O3. The van der Waals surface area contributed by atoms with Crippen LogP contribution in [0.15, 0.2) is 58.6 Å². The van der Waals surface area contributed by atoms with Crippen LogP contribution in [0.4, 0.5) is 10.5 Å². The third kappa shape index (κ3) is 4.32. The Morgan fingerprint density at radius 3 is 2.07 bits per heavy atom. The van der Waals surface area contributed by atoms with Crippen molar-refractivity contribution in [3.63, 3.8) is 0 Å². The molecule has 210 valence electrons. The maximum atomic E-state index is 13.7. The van der Waals surface area contributed by atoms with Gasteiger partial charge in [-0.1, -0.05) is 28.1 Å². The number of anilines is 1. The Morgan fingerprint density at radius 2 is 1.46 bits per heavy atom. The summed E-state index contributed by atoms with van der Waals surface area (Å²) >= 11 is 3.56. The van der Waals surface area contributed by atoms with Gasteiger partial charge in [0.15, 0.2) is 0 Å². The zero-order valence-corrected chi connectivity index (χ0v) is 25.3. The van der Waals surface area contributed by atoms with Gasteiger partial charge in [0.2, 0.25) is 0 Å². The van der Waals surface area contributed by atoms with E-state index in [1.807, 2.05) is 51.1 Å². The van der Waals surface area contributed by atoms with Crippen LogP contribution >= 0.6 is 15.9 Å². The van der Waals surface area contributed by atoms with Crippen molar-refractivity contribution in [3.8, 4) is 5.69 Å². The monoisotopic (exact) mass is 611 g/mol. The van der Waals surface area contributed by atoms with Crippen molar-refractivity contribution in [1.29, 1.82) is 0 Å². The summed E-state index contributed by atoms with van der Waals surface area (Å²) in [5.74, 6) is 1.23. The van der Waals surface area contributed by atoms with Gasteiger partial charge >= 0.3 is 6.03 Å². The zero-order chi connectivity index (χ0) is 28.6. The molecule has 41 heavy (non-hydrogen) atoms. The van der Waals surface area contributed by atoms with Crippen molar-refractivity contribution in [2.24, 2.45) is 17.8 Å². The Hall–Kier alpha value is -3.45. The Kier molecular flexibility index (Phi) is 6.16. The number of benzene rings is 2. The lowest BCUT2D eigenvalue weighted by molar-refractivity contribution is -0.122. The molecule has 0 unspecified atom stereocenters. The minimum atomic E-state index is -0.712. The minimum absolute atomic E-state index is 0.0537. The smallest absolute Gasteiger partial charge is 0.318 e. The number of hydrogen-bond acceptors (Lipinski definition) is 3. The predicted molar refractivity (Wildman–Crippen MR) is 163 cm³/mol. The molecule has 6 nitrogen and oxygen atoms in total. The summed E-state index contributed by atoms with van der Waals surface area (Å²) in [4.78, 5) is 40.6. The second kappa shape index (κ2) is 9.55. The van der Waals surface area contributed by atoms with Gasteiger partial charge in [0.05, 0.1) is 5.69 Å². The third-order valence-electron chi connectivity index (χ3n) is 10.0. The number of aryl methyl sites for hydroxylation is 2. The molecule has 0 spiro atoms. The zero-order valence-electron chi connectivity index (χ0n) is 23.7. The molecule has 5 aliphatic rings. The molecule has 4 bridgehead atoms. The molecule has 1 saturated heterocycles. The van der Waals surface area contributed by atoms with Crippen LogP contribution in [0.1, 0.15) is 66.6 Å². The topological polar surface area (TPSA) is 71.4 Å².